The molecule has 0 aliphatic rings. The largest absolute Gasteiger partial charge is 0.452 e. The highest BCUT2D eigenvalue weighted by atomic mass is 79.9. The average Bonchev–Trinajstić information content (AvgIpc) is 2.53. The first-order valence-corrected chi connectivity index (χ1v) is 7.75. The lowest BCUT2D eigenvalue weighted by Crippen LogP contribution is -2.21. The molecule has 120 valence electrons. The van der Waals surface area contributed by atoms with Crippen molar-refractivity contribution in [2.45, 2.75) is 0 Å². The molecule has 0 bridgehead atoms. The van der Waals surface area contributed by atoms with Crippen LogP contribution in [0.1, 0.15) is 10.4 Å². The third-order valence-electron chi connectivity index (χ3n) is 3.06. The molecular formula is C17H17BrN2O3. The van der Waals surface area contributed by atoms with E-state index in [9.17, 15) is 9.59 Å². The Morgan fingerprint density at radius 1 is 1.13 bits per heavy atom. The van der Waals surface area contributed by atoms with Gasteiger partial charge in [0.25, 0.3) is 5.91 Å². The number of hydrogen-bond donors (Lipinski definition) is 1. The zero-order valence-corrected chi connectivity index (χ0v) is 14.5. The highest BCUT2D eigenvalue weighted by Gasteiger charge is 2.10. The number of esters is 1. The van der Waals surface area contributed by atoms with Gasteiger partial charge in [-0.15, -0.1) is 0 Å². The minimum absolute atomic E-state index is 0.333. The number of benzene rings is 2. The second-order valence-corrected chi connectivity index (χ2v) is 5.99. The van der Waals surface area contributed by atoms with E-state index in [1.54, 1.807) is 36.4 Å². The first-order chi connectivity index (χ1) is 11.0. The zero-order chi connectivity index (χ0) is 16.8. The maximum Gasteiger partial charge on any atom is 0.338 e. The fourth-order valence-electron chi connectivity index (χ4n) is 1.87. The molecule has 0 aliphatic heterocycles. The Morgan fingerprint density at radius 3 is 2.43 bits per heavy atom. The summed E-state index contributed by atoms with van der Waals surface area (Å²) in [4.78, 5) is 25.6. The lowest BCUT2D eigenvalue weighted by Gasteiger charge is -2.13. The summed E-state index contributed by atoms with van der Waals surface area (Å²) in [6.45, 7) is -0.333. The summed E-state index contributed by atoms with van der Waals surface area (Å²) in [6.07, 6.45) is 0. The Balaban J connectivity index is 1.86. The maximum atomic E-state index is 11.8. The second kappa shape index (κ2) is 7.78. The van der Waals surface area contributed by atoms with Gasteiger partial charge in [0, 0.05) is 29.9 Å². The summed E-state index contributed by atoms with van der Waals surface area (Å²) >= 11 is 3.28. The van der Waals surface area contributed by atoms with Gasteiger partial charge in [-0.1, -0.05) is 22.0 Å². The molecule has 6 heteroatoms. The van der Waals surface area contributed by atoms with Crippen molar-refractivity contribution in [3.05, 3.63) is 58.6 Å². The molecule has 0 spiro atoms. The van der Waals surface area contributed by atoms with Crippen LogP contribution in [0.25, 0.3) is 0 Å². The molecule has 0 atom stereocenters. The number of carbonyl (C=O) groups is 2. The Bertz CT molecular complexity index is 699. The summed E-state index contributed by atoms with van der Waals surface area (Å²) < 4.78 is 5.77. The Labute approximate surface area is 143 Å². The molecule has 0 fully saturated rings. The van der Waals surface area contributed by atoms with Crippen LogP contribution < -0.4 is 10.2 Å². The van der Waals surface area contributed by atoms with E-state index in [4.69, 9.17) is 4.74 Å². The molecule has 2 aromatic rings. The summed E-state index contributed by atoms with van der Waals surface area (Å²) in [5.74, 6) is -0.921. The fourth-order valence-corrected chi connectivity index (χ4v) is 2.27. The highest BCUT2D eigenvalue weighted by molar-refractivity contribution is 9.10. The van der Waals surface area contributed by atoms with E-state index in [-0.39, 0.29) is 12.5 Å². The summed E-state index contributed by atoms with van der Waals surface area (Å²) in [7, 11) is 3.88. The van der Waals surface area contributed by atoms with Crippen LogP contribution in [0.4, 0.5) is 11.4 Å². The van der Waals surface area contributed by atoms with Gasteiger partial charge in [0.1, 0.15) is 0 Å². The number of hydrogen-bond acceptors (Lipinski definition) is 4. The quantitative estimate of drug-likeness (QED) is 0.813. The van der Waals surface area contributed by atoms with Crippen LogP contribution in [-0.2, 0) is 9.53 Å². The number of anilines is 2. The Kier molecular flexibility index (Phi) is 5.76. The molecular weight excluding hydrogens is 360 g/mol. The molecule has 0 saturated heterocycles. The van der Waals surface area contributed by atoms with Gasteiger partial charge in [-0.25, -0.2) is 4.79 Å². The molecule has 1 amide bonds. The van der Waals surface area contributed by atoms with Gasteiger partial charge in [-0.2, -0.15) is 0 Å². The van der Waals surface area contributed by atoms with Crippen LogP contribution in [-0.4, -0.2) is 32.6 Å². The van der Waals surface area contributed by atoms with E-state index < -0.39 is 5.97 Å². The number of ether oxygens (including phenoxy) is 1. The van der Waals surface area contributed by atoms with Gasteiger partial charge in [-0.3, -0.25) is 4.79 Å². The molecule has 0 unspecified atom stereocenters. The number of nitrogens with one attached hydrogen (secondary N) is 1. The Hall–Kier alpha value is -2.34. The Morgan fingerprint density at radius 2 is 1.83 bits per heavy atom. The molecule has 0 aliphatic carbocycles. The van der Waals surface area contributed by atoms with Crippen molar-refractivity contribution in [2.75, 3.05) is 30.9 Å². The highest BCUT2D eigenvalue weighted by Crippen LogP contribution is 2.16. The lowest BCUT2D eigenvalue weighted by molar-refractivity contribution is -0.119. The van der Waals surface area contributed by atoms with Gasteiger partial charge in [-0.05, 0) is 42.5 Å². The molecule has 2 aromatic carbocycles. The molecule has 0 saturated carbocycles. The van der Waals surface area contributed by atoms with E-state index in [1.807, 2.05) is 31.1 Å². The van der Waals surface area contributed by atoms with Crippen molar-refractivity contribution in [1.29, 1.82) is 0 Å². The normalized spacial score (nSPS) is 10.0. The van der Waals surface area contributed by atoms with Crippen LogP contribution in [0.2, 0.25) is 0 Å². The average molecular weight is 377 g/mol. The van der Waals surface area contributed by atoms with Crippen LogP contribution in [0, 0.1) is 0 Å². The standard InChI is InChI=1S/C17H17BrN2O3/c1-20(2)15-8-6-14(7-9-15)19-16(21)11-23-17(22)12-4-3-5-13(18)10-12/h3-10H,11H2,1-2H3,(H,19,21). The van der Waals surface area contributed by atoms with Crippen molar-refractivity contribution in [1.82, 2.24) is 0 Å². The topological polar surface area (TPSA) is 58.6 Å². The monoisotopic (exact) mass is 376 g/mol. The predicted octanol–water partition coefficient (Wildman–Crippen LogP) is 3.31. The number of amides is 1. The van der Waals surface area contributed by atoms with Crippen LogP contribution >= 0.6 is 15.9 Å². The smallest absolute Gasteiger partial charge is 0.338 e. The zero-order valence-electron chi connectivity index (χ0n) is 12.9. The third kappa shape index (κ3) is 5.10. The van der Waals surface area contributed by atoms with E-state index in [0.29, 0.717) is 11.3 Å². The third-order valence-corrected chi connectivity index (χ3v) is 3.56. The van der Waals surface area contributed by atoms with Crippen LogP contribution in [0.5, 0.6) is 0 Å². The minimum atomic E-state index is -0.538. The molecule has 2 rings (SSSR count). The number of carbonyl (C=O) groups excluding carboxylic acids is 2. The van der Waals surface area contributed by atoms with Gasteiger partial charge >= 0.3 is 5.97 Å². The molecule has 1 N–H and O–H groups in total. The fraction of sp³-hybridized carbons (Fsp3) is 0.176. The number of nitrogens with zero attached hydrogens (tertiary/aromatic N) is 1. The van der Waals surface area contributed by atoms with E-state index >= 15 is 0 Å². The SMILES string of the molecule is CN(C)c1ccc(NC(=O)COC(=O)c2cccc(Br)c2)cc1. The van der Waals surface area contributed by atoms with Gasteiger partial charge in [0.2, 0.25) is 0 Å². The van der Waals surface area contributed by atoms with Crippen molar-refractivity contribution < 1.29 is 14.3 Å². The van der Waals surface area contributed by atoms with Gasteiger partial charge < -0.3 is 15.0 Å². The van der Waals surface area contributed by atoms with Gasteiger partial charge in [0.15, 0.2) is 6.61 Å². The first-order valence-electron chi connectivity index (χ1n) is 6.95. The van der Waals surface area contributed by atoms with E-state index in [2.05, 4.69) is 21.2 Å². The second-order valence-electron chi connectivity index (χ2n) is 5.08. The molecule has 5 nitrogen and oxygen atoms in total. The van der Waals surface area contributed by atoms with Crippen LogP contribution in [0.3, 0.4) is 0 Å². The molecule has 23 heavy (non-hydrogen) atoms. The summed E-state index contributed by atoms with van der Waals surface area (Å²) in [5.41, 5.74) is 2.07. The maximum absolute atomic E-state index is 11.8. The lowest BCUT2D eigenvalue weighted by atomic mass is 10.2. The number of rotatable bonds is 5. The van der Waals surface area contributed by atoms with E-state index in [1.165, 1.54) is 0 Å². The summed E-state index contributed by atoms with van der Waals surface area (Å²) in [6, 6.07) is 14.2. The predicted molar refractivity (Wildman–Crippen MR) is 93.8 cm³/mol. The first kappa shape index (κ1) is 17.0. The molecule has 0 aromatic heterocycles. The van der Waals surface area contributed by atoms with Crippen molar-refractivity contribution in [3.63, 3.8) is 0 Å². The van der Waals surface area contributed by atoms with Crippen LogP contribution in [0.15, 0.2) is 53.0 Å². The van der Waals surface area contributed by atoms with Crippen molar-refractivity contribution >= 4 is 39.2 Å². The minimum Gasteiger partial charge on any atom is -0.452 e. The van der Waals surface area contributed by atoms with Crippen molar-refractivity contribution in [3.8, 4) is 0 Å². The molecule has 0 heterocycles. The molecule has 0 radical (unpaired) electrons. The summed E-state index contributed by atoms with van der Waals surface area (Å²) in [5, 5.41) is 2.68. The van der Waals surface area contributed by atoms with E-state index in [0.717, 1.165) is 10.2 Å². The van der Waals surface area contributed by atoms with Crippen molar-refractivity contribution in [2.24, 2.45) is 0 Å². The van der Waals surface area contributed by atoms with Gasteiger partial charge in [0.05, 0.1) is 5.56 Å². The number of halogens is 1.